The third-order valence-corrected chi connectivity index (χ3v) is 3.04. The predicted octanol–water partition coefficient (Wildman–Crippen LogP) is 2.76. The van der Waals surface area contributed by atoms with Gasteiger partial charge in [-0.15, -0.1) is 0 Å². The summed E-state index contributed by atoms with van der Waals surface area (Å²) in [5, 5.41) is 0. The van der Waals surface area contributed by atoms with E-state index in [9.17, 15) is 9.18 Å². The number of furan rings is 1. The van der Waals surface area contributed by atoms with Gasteiger partial charge in [0.1, 0.15) is 17.6 Å². The molecule has 0 saturated heterocycles. The van der Waals surface area contributed by atoms with E-state index in [0.717, 1.165) is 5.76 Å². The van der Waals surface area contributed by atoms with Gasteiger partial charge in [-0.1, -0.05) is 12.1 Å². The first-order chi connectivity index (χ1) is 9.61. The summed E-state index contributed by atoms with van der Waals surface area (Å²) < 4.78 is 23.1. The Morgan fingerprint density at radius 2 is 2.05 bits per heavy atom. The lowest BCUT2D eigenvalue weighted by molar-refractivity contribution is -0.147. The largest absolute Gasteiger partial charge is 0.468 e. The number of methoxy groups -OCH3 is 1. The fraction of sp³-hybridized carbons (Fsp3) is 0.267. The highest BCUT2D eigenvalue weighted by molar-refractivity contribution is 5.77. The third kappa shape index (κ3) is 3.24. The van der Waals surface area contributed by atoms with Crippen molar-refractivity contribution in [1.29, 1.82) is 0 Å². The molecule has 1 heterocycles. The number of likely N-dealkylation sites (N-methyl/N-ethyl adjacent to an activating group) is 1. The summed E-state index contributed by atoms with van der Waals surface area (Å²) in [5.74, 6) is 0.000215. The van der Waals surface area contributed by atoms with E-state index in [-0.39, 0.29) is 5.82 Å². The van der Waals surface area contributed by atoms with Crippen molar-refractivity contribution in [3.63, 3.8) is 0 Å². The van der Waals surface area contributed by atoms with Crippen molar-refractivity contribution in [2.45, 2.75) is 12.6 Å². The first-order valence-electron chi connectivity index (χ1n) is 6.17. The van der Waals surface area contributed by atoms with Crippen LogP contribution in [0, 0.1) is 5.82 Å². The van der Waals surface area contributed by atoms with Gasteiger partial charge in [0.05, 0.1) is 19.9 Å². The minimum Gasteiger partial charge on any atom is -0.468 e. The molecule has 0 bridgehead atoms. The van der Waals surface area contributed by atoms with Crippen molar-refractivity contribution < 1.29 is 18.3 Å². The molecule has 0 amide bonds. The minimum absolute atomic E-state index is 0.342. The van der Waals surface area contributed by atoms with Gasteiger partial charge in [-0.3, -0.25) is 4.90 Å². The molecule has 0 aliphatic rings. The van der Waals surface area contributed by atoms with E-state index < -0.39 is 12.0 Å². The highest BCUT2D eigenvalue weighted by Crippen LogP contribution is 2.23. The van der Waals surface area contributed by atoms with Crippen molar-refractivity contribution in [3.05, 3.63) is 59.8 Å². The number of hydrogen-bond donors (Lipinski definition) is 0. The Morgan fingerprint density at radius 1 is 1.35 bits per heavy atom. The number of carbonyl (C=O) groups excluding carboxylic acids is 1. The molecular weight excluding hydrogens is 261 g/mol. The fourth-order valence-corrected chi connectivity index (χ4v) is 2.07. The topological polar surface area (TPSA) is 42.7 Å². The Balaban J connectivity index is 2.22. The number of benzene rings is 1. The van der Waals surface area contributed by atoms with Crippen LogP contribution in [-0.2, 0) is 16.1 Å². The van der Waals surface area contributed by atoms with Gasteiger partial charge in [-0.2, -0.15) is 0 Å². The van der Waals surface area contributed by atoms with Gasteiger partial charge in [0.25, 0.3) is 0 Å². The van der Waals surface area contributed by atoms with Crippen molar-refractivity contribution in [1.82, 2.24) is 4.90 Å². The highest BCUT2D eigenvalue weighted by atomic mass is 19.1. The van der Waals surface area contributed by atoms with Crippen molar-refractivity contribution >= 4 is 5.97 Å². The van der Waals surface area contributed by atoms with Crippen LogP contribution in [0.2, 0.25) is 0 Å². The van der Waals surface area contributed by atoms with Crippen LogP contribution in [-0.4, -0.2) is 25.0 Å². The third-order valence-electron chi connectivity index (χ3n) is 3.04. The molecule has 106 valence electrons. The van der Waals surface area contributed by atoms with E-state index in [1.807, 2.05) is 6.07 Å². The maximum Gasteiger partial charge on any atom is 0.327 e. The minimum atomic E-state index is -0.606. The van der Waals surface area contributed by atoms with Crippen LogP contribution < -0.4 is 0 Å². The Bertz CT molecular complexity index is 551. The number of esters is 1. The fourth-order valence-electron chi connectivity index (χ4n) is 2.07. The molecule has 1 aromatic heterocycles. The lowest BCUT2D eigenvalue weighted by atomic mass is 10.1. The SMILES string of the molecule is COC(=O)C(c1ccc(F)cc1)N(C)Cc1ccco1. The second-order valence-electron chi connectivity index (χ2n) is 4.47. The van der Waals surface area contributed by atoms with E-state index in [4.69, 9.17) is 9.15 Å². The normalized spacial score (nSPS) is 12.4. The van der Waals surface area contributed by atoms with Crippen LogP contribution in [0.25, 0.3) is 0 Å². The van der Waals surface area contributed by atoms with Crippen molar-refractivity contribution in [2.24, 2.45) is 0 Å². The number of halogens is 1. The standard InChI is InChI=1S/C15H16FNO3/c1-17(10-13-4-3-9-20-13)14(15(18)19-2)11-5-7-12(16)8-6-11/h3-9,14H,10H2,1-2H3. The Hall–Kier alpha value is -2.14. The zero-order chi connectivity index (χ0) is 14.5. The summed E-state index contributed by atoms with van der Waals surface area (Å²) in [5.41, 5.74) is 0.673. The monoisotopic (exact) mass is 277 g/mol. The van der Waals surface area contributed by atoms with Crippen LogP contribution in [0.15, 0.2) is 47.1 Å². The lowest BCUT2D eigenvalue weighted by Crippen LogP contribution is -2.31. The van der Waals surface area contributed by atoms with Gasteiger partial charge in [-0.05, 0) is 36.9 Å². The van der Waals surface area contributed by atoms with Gasteiger partial charge in [0.2, 0.25) is 0 Å². The molecule has 5 heteroatoms. The van der Waals surface area contributed by atoms with Gasteiger partial charge >= 0.3 is 5.97 Å². The Kier molecular flexibility index (Phi) is 4.53. The van der Waals surface area contributed by atoms with E-state index in [0.29, 0.717) is 12.1 Å². The molecule has 0 radical (unpaired) electrons. The first kappa shape index (κ1) is 14.3. The molecule has 20 heavy (non-hydrogen) atoms. The van der Waals surface area contributed by atoms with E-state index >= 15 is 0 Å². The average Bonchev–Trinajstić information content (AvgIpc) is 2.94. The summed E-state index contributed by atoms with van der Waals surface area (Å²) in [7, 11) is 3.12. The highest BCUT2D eigenvalue weighted by Gasteiger charge is 2.26. The summed E-state index contributed by atoms with van der Waals surface area (Å²) >= 11 is 0. The molecule has 2 aromatic rings. The number of rotatable bonds is 5. The van der Waals surface area contributed by atoms with Gasteiger partial charge in [0.15, 0.2) is 0 Å². The van der Waals surface area contributed by atoms with E-state index in [1.165, 1.54) is 19.2 Å². The van der Waals surface area contributed by atoms with Gasteiger partial charge < -0.3 is 9.15 Å². The molecule has 1 aromatic carbocycles. The van der Waals surface area contributed by atoms with Crippen LogP contribution >= 0.6 is 0 Å². The maximum absolute atomic E-state index is 13.0. The van der Waals surface area contributed by atoms with Crippen molar-refractivity contribution in [2.75, 3.05) is 14.2 Å². The summed E-state index contributed by atoms with van der Waals surface area (Å²) in [4.78, 5) is 13.8. The van der Waals surface area contributed by atoms with E-state index in [2.05, 4.69) is 0 Å². The number of hydrogen-bond acceptors (Lipinski definition) is 4. The molecule has 4 nitrogen and oxygen atoms in total. The van der Waals surface area contributed by atoms with Crippen molar-refractivity contribution in [3.8, 4) is 0 Å². The van der Waals surface area contributed by atoms with E-state index in [1.54, 1.807) is 36.4 Å². The summed E-state index contributed by atoms with van der Waals surface area (Å²) in [6.45, 7) is 0.449. The number of nitrogens with zero attached hydrogens (tertiary/aromatic N) is 1. The summed E-state index contributed by atoms with van der Waals surface area (Å²) in [6, 6.07) is 8.82. The lowest BCUT2D eigenvalue weighted by Gasteiger charge is -2.25. The second-order valence-corrected chi connectivity index (χ2v) is 4.47. The van der Waals surface area contributed by atoms with Crippen LogP contribution in [0.1, 0.15) is 17.4 Å². The van der Waals surface area contributed by atoms with Crippen LogP contribution in [0.3, 0.4) is 0 Å². The molecular formula is C15H16FNO3. The first-order valence-corrected chi connectivity index (χ1v) is 6.17. The molecule has 2 rings (SSSR count). The number of carbonyl (C=O) groups is 1. The van der Waals surface area contributed by atoms with Gasteiger partial charge in [-0.25, -0.2) is 9.18 Å². The average molecular weight is 277 g/mol. The zero-order valence-electron chi connectivity index (χ0n) is 11.4. The molecule has 1 atom stereocenters. The zero-order valence-corrected chi connectivity index (χ0v) is 11.4. The molecule has 0 N–H and O–H groups in total. The predicted molar refractivity (Wildman–Crippen MR) is 71.3 cm³/mol. The summed E-state index contributed by atoms with van der Waals surface area (Å²) in [6.07, 6.45) is 1.58. The maximum atomic E-state index is 13.0. The Morgan fingerprint density at radius 3 is 2.60 bits per heavy atom. The number of ether oxygens (including phenoxy) is 1. The quantitative estimate of drug-likeness (QED) is 0.788. The van der Waals surface area contributed by atoms with Crippen LogP contribution in [0.5, 0.6) is 0 Å². The molecule has 0 fully saturated rings. The molecule has 0 spiro atoms. The Labute approximate surface area is 116 Å². The van der Waals surface area contributed by atoms with Crippen LogP contribution in [0.4, 0.5) is 4.39 Å². The van der Waals surface area contributed by atoms with Gasteiger partial charge in [0, 0.05) is 0 Å². The molecule has 1 unspecified atom stereocenters. The smallest absolute Gasteiger partial charge is 0.327 e. The second kappa shape index (κ2) is 6.34. The molecule has 0 saturated carbocycles. The molecule has 0 aliphatic carbocycles. The molecule has 0 aliphatic heterocycles.